The zero-order valence-electron chi connectivity index (χ0n) is 14.4. The smallest absolute Gasteiger partial charge is 0.306 e. The molecule has 6 nitrogen and oxygen atoms in total. The Morgan fingerprint density at radius 2 is 2.12 bits per heavy atom. The van der Waals surface area contributed by atoms with E-state index in [1.54, 1.807) is 11.8 Å². The van der Waals surface area contributed by atoms with Crippen LogP contribution in [0.25, 0.3) is 0 Å². The summed E-state index contributed by atoms with van der Waals surface area (Å²) in [6, 6.07) is 7.73. The first-order valence-corrected chi connectivity index (χ1v) is 8.25. The van der Waals surface area contributed by atoms with Crippen molar-refractivity contribution >= 4 is 11.9 Å². The van der Waals surface area contributed by atoms with Crippen molar-refractivity contribution in [3.8, 4) is 5.75 Å². The molecule has 6 heteroatoms. The van der Waals surface area contributed by atoms with Crippen LogP contribution in [0.15, 0.2) is 24.3 Å². The van der Waals surface area contributed by atoms with Crippen LogP contribution in [0.2, 0.25) is 0 Å². The summed E-state index contributed by atoms with van der Waals surface area (Å²) in [5, 5.41) is 8.86. The van der Waals surface area contributed by atoms with Gasteiger partial charge in [0, 0.05) is 13.1 Å². The third-order valence-electron chi connectivity index (χ3n) is 4.04. The maximum Gasteiger partial charge on any atom is 0.306 e. The fraction of sp³-hybridized carbons (Fsp3) is 0.556. The van der Waals surface area contributed by atoms with Gasteiger partial charge < -0.3 is 19.5 Å². The summed E-state index contributed by atoms with van der Waals surface area (Å²) >= 11 is 0. The van der Waals surface area contributed by atoms with E-state index in [1.807, 2.05) is 24.3 Å². The molecular formula is C18H25NO5. The number of carbonyl (C=O) groups is 2. The van der Waals surface area contributed by atoms with Gasteiger partial charge in [0.05, 0.1) is 19.1 Å². The summed E-state index contributed by atoms with van der Waals surface area (Å²) in [7, 11) is 0. The number of carboxylic acid groups (broad SMARTS) is 1. The van der Waals surface area contributed by atoms with E-state index in [1.165, 1.54) is 0 Å². The Labute approximate surface area is 142 Å². The Hall–Kier alpha value is -2.08. The Kier molecular flexibility index (Phi) is 6.20. The predicted octanol–water partition coefficient (Wildman–Crippen LogP) is 2.28. The van der Waals surface area contributed by atoms with E-state index >= 15 is 0 Å². The van der Waals surface area contributed by atoms with Crippen LogP contribution in [0.3, 0.4) is 0 Å². The number of hydrogen-bond acceptors (Lipinski definition) is 4. The molecule has 1 aliphatic rings. The molecule has 0 aromatic heterocycles. The molecule has 2 atom stereocenters. The average Bonchev–Trinajstić information content (AvgIpc) is 2.54. The number of morpholine rings is 1. The summed E-state index contributed by atoms with van der Waals surface area (Å²) < 4.78 is 11.2. The Morgan fingerprint density at radius 1 is 1.38 bits per heavy atom. The molecule has 132 valence electrons. The Bertz CT molecular complexity index is 587. The van der Waals surface area contributed by atoms with E-state index in [0.717, 1.165) is 5.56 Å². The van der Waals surface area contributed by atoms with Gasteiger partial charge in [0.1, 0.15) is 5.75 Å². The van der Waals surface area contributed by atoms with Gasteiger partial charge in [0.15, 0.2) is 6.10 Å². The standard InChI is InChI=1S/C18H25NO5/c1-12(2)14-5-4-6-15(9-14)24-13(3)18(22)19-7-8-23-16(11-19)10-17(20)21/h4-6,9,12-13,16H,7-8,10-11H2,1-3H3,(H,20,21). The van der Waals surface area contributed by atoms with E-state index in [4.69, 9.17) is 14.6 Å². The second-order valence-electron chi connectivity index (χ2n) is 6.36. The van der Waals surface area contributed by atoms with Crippen LogP contribution in [0.4, 0.5) is 0 Å². The highest BCUT2D eigenvalue weighted by Crippen LogP contribution is 2.21. The van der Waals surface area contributed by atoms with Crippen molar-refractivity contribution in [3.63, 3.8) is 0 Å². The fourth-order valence-electron chi connectivity index (χ4n) is 2.70. The van der Waals surface area contributed by atoms with Gasteiger partial charge in [-0.2, -0.15) is 0 Å². The van der Waals surface area contributed by atoms with Crippen molar-refractivity contribution in [2.24, 2.45) is 0 Å². The molecule has 2 unspecified atom stereocenters. The number of ether oxygens (including phenoxy) is 2. The zero-order valence-corrected chi connectivity index (χ0v) is 14.4. The lowest BCUT2D eigenvalue weighted by Crippen LogP contribution is -2.50. The molecule has 1 amide bonds. The number of nitrogens with zero attached hydrogens (tertiary/aromatic N) is 1. The van der Waals surface area contributed by atoms with Crippen molar-refractivity contribution < 1.29 is 24.2 Å². The third-order valence-corrected chi connectivity index (χ3v) is 4.04. The van der Waals surface area contributed by atoms with Crippen LogP contribution in [0, 0.1) is 0 Å². The topological polar surface area (TPSA) is 76.1 Å². The largest absolute Gasteiger partial charge is 0.481 e. The first-order chi connectivity index (χ1) is 11.4. The number of aliphatic carboxylic acids is 1. The minimum absolute atomic E-state index is 0.102. The van der Waals surface area contributed by atoms with Gasteiger partial charge in [-0.05, 0) is 30.5 Å². The molecular weight excluding hydrogens is 310 g/mol. The van der Waals surface area contributed by atoms with Gasteiger partial charge in [-0.3, -0.25) is 9.59 Å². The molecule has 2 rings (SSSR count). The van der Waals surface area contributed by atoms with Gasteiger partial charge >= 0.3 is 5.97 Å². The number of carbonyl (C=O) groups excluding carboxylic acids is 1. The Balaban J connectivity index is 1.96. The minimum atomic E-state index is -0.927. The quantitative estimate of drug-likeness (QED) is 0.863. The number of rotatable bonds is 6. The lowest BCUT2D eigenvalue weighted by molar-refractivity contribution is -0.151. The molecule has 0 aliphatic carbocycles. The summed E-state index contributed by atoms with van der Waals surface area (Å²) in [6.45, 7) is 7.00. The molecule has 1 aliphatic heterocycles. The highest BCUT2D eigenvalue weighted by Gasteiger charge is 2.29. The van der Waals surface area contributed by atoms with E-state index in [9.17, 15) is 9.59 Å². The summed E-state index contributed by atoms with van der Waals surface area (Å²) in [5.74, 6) is -0.0271. The minimum Gasteiger partial charge on any atom is -0.481 e. The number of benzene rings is 1. The third kappa shape index (κ3) is 4.96. The highest BCUT2D eigenvalue weighted by atomic mass is 16.5. The lowest BCUT2D eigenvalue weighted by atomic mass is 10.0. The van der Waals surface area contributed by atoms with Gasteiger partial charge in [-0.25, -0.2) is 0 Å². The molecule has 1 aromatic carbocycles. The SMILES string of the molecule is CC(Oc1cccc(C(C)C)c1)C(=O)N1CCOC(CC(=O)O)C1. The Morgan fingerprint density at radius 3 is 2.79 bits per heavy atom. The van der Waals surface area contributed by atoms with Crippen LogP contribution in [0.5, 0.6) is 5.75 Å². The summed E-state index contributed by atoms with van der Waals surface area (Å²) in [4.78, 5) is 25.0. The summed E-state index contributed by atoms with van der Waals surface area (Å²) in [6.07, 6.45) is -1.19. The van der Waals surface area contributed by atoms with Gasteiger partial charge in [0.25, 0.3) is 5.91 Å². The van der Waals surface area contributed by atoms with Crippen molar-refractivity contribution in [1.82, 2.24) is 4.90 Å². The normalized spacial score (nSPS) is 19.2. The molecule has 1 saturated heterocycles. The van der Waals surface area contributed by atoms with Crippen LogP contribution >= 0.6 is 0 Å². The molecule has 0 spiro atoms. The number of amides is 1. The van der Waals surface area contributed by atoms with Crippen LogP contribution in [-0.4, -0.2) is 53.8 Å². The average molecular weight is 335 g/mol. The van der Waals surface area contributed by atoms with E-state index in [-0.39, 0.29) is 18.9 Å². The molecule has 1 heterocycles. The number of carboxylic acids is 1. The summed E-state index contributed by atoms with van der Waals surface area (Å²) in [5.41, 5.74) is 1.15. The highest BCUT2D eigenvalue weighted by molar-refractivity contribution is 5.81. The second-order valence-corrected chi connectivity index (χ2v) is 6.36. The van der Waals surface area contributed by atoms with Crippen LogP contribution < -0.4 is 4.74 Å². The number of hydrogen-bond donors (Lipinski definition) is 1. The molecule has 24 heavy (non-hydrogen) atoms. The van der Waals surface area contributed by atoms with Crippen molar-refractivity contribution in [2.75, 3.05) is 19.7 Å². The van der Waals surface area contributed by atoms with Crippen LogP contribution in [0.1, 0.15) is 38.7 Å². The van der Waals surface area contributed by atoms with E-state index in [2.05, 4.69) is 13.8 Å². The maximum atomic E-state index is 12.6. The molecule has 1 fully saturated rings. The first-order valence-electron chi connectivity index (χ1n) is 8.25. The second kappa shape index (κ2) is 8.15. The van der Waals surface area contributed by atoms with Gasteiger partial charge in [0.2, 0.25) is 0 Å². The van der Waals surface area contributed by atoms with Crippen LogP contribution in [-0.2, 0) is 14.3 Å². The molecule has 0 bridgehead atoms. The molecule has 1 aromatic rings. The van der Waals surface area contributed by atoms with E-state index in [0.29, 0.717) is 24.8 Å². The monoisotopic (exact) mass is 335 g/mol. The molecule has 0 radical (unpaired) electrons. The lowest BCUT2D eigenvalue weighted by Gasteiger charge is -2.33. The van der Waals surface area contributed by atoms with Gasteiger partial charge in [-0.15, -0.1) is 0 Å². The van der Waals surface area contributed by atoms with E-state index < -0.39 is 18.2 Å². The molecule has 0 saturated carbocycles. The zero-order chi connectivity index (χ0) is 17.7. The van der Waals surface area contributed by atoms with Crippen molar-refractivity contribution in [1.29, 1.82) is 0 Å². The first kappa shape index (κ1) is 18.3. The van der Waals surface area contributed by atoms with Crippen molar-refractivity contribution in [2.45, 2.75) is 45.3 Å². The molecule has 1 N–H and O–H groups in total. The fourth-order valence-corrected chi connectivity index (χ4v) is 2.70. The predicted molar refractivity (Wildman–Crippen MR) is 89.2 cm³/mol. The van der Waals surface area contributed by atoms with Crippen molar-refractivity contribution in [3.05, 3.63) is 29.8 Å². The maximum absolute atomic E-state index is 12.6. The van der Waals surface area contributed by atoms with Gasteiger partial charge in [-0.1, -0.05) is 26.0 Å².